The zero-order valence-electron chi connectivity index (χ0n) is 26.8. The third-order valence-electron chi connectivity index (χ3n) is 7.22. The number of benzene rings is 1. The van der Waals surface area contributed by atoms with Crippen molar-refractivity contribution in [2.24, 2.45) is 5.41 Å². The second kappa shape index (κ2) is 10.6. The second-order valence-electron chi connectivity index (χ2n) is 14.9. The van der Waals surface area contributed by atoms with Crippen LogP contribution >= 0.6 is 0 Å². The monoisotopic (exact) mass is 586 g/mol. The maximum Gasteiger partial charge on any atom is 0.419 e. The molecule has 1 amide bonds. The summed E-state index contributed by atoms with van der Waals surface area (Å²) >= 11 is 0. The predicted molar refractivity (Wildman–Crippen MR) is 157 cm³/mol. The number of fused-ring (bicyclic) bond motifs is 1. The first-order chi connectivity index (χ1) is 19.1. The third kappa shape index (κ3) is 6.59. The number of hydrogen-bond acceptors (Lipinski definition) is 8. The molecular formula is C32H46N2O8. The number of amides is 1. The van der Waals surface area contributed by atoms with Crippen LogP contribution in [-0.2, 0) is 34.9 Å². The van der Waals surface area contributed by atoms with Gasteiger partial charge < -0.3 is 23.7 Å². The van der Waals surface area contributed by atoms with Crippen molar-refractivity contribution in [3.63, 3.8) is 0 Å². The summed E-state index contributed by atoms with van der Waals surface area (Å²) in [4.78, 5) is 42.0. The van der Waals surface area contributed by atoms with Crippen molar-refractivity contribution in [3.8, 4) is 0 Å². The highest BCUT2D eigenvalue weighted by molar-refractivity contribution is 5.93. The van der Waals surface area contributed by atoms with Gasteiger partial charge in [-0.25, -0.2) is 14.4 Å². The maximum atomic E-state index is 13.9. The van der Waals surface area contributed by atoms with Crippen LogP contribution in [0.5, 0.6) is 0 Å². The molecule has 1 aromatic heterocycles. The van der Waals surface area contributed by atoms with Gasteiger partial charge in [-0.15, -0.1) is 0 Å². The van der Waals surface area contributed by atoms with E-state index in [9.17, 15) is 14.4 Å². The Morgan fingerprint density at radius 3 is 2.12 bits per heavy atom. The summed E-state index contributed by atoms with van der Waals surface area (Å²) in [5.41, 5.74) is -2.98. The molecule has 10 heteroatoms. The average Bonchev–Trinajstić information content (AvgIpc) is 3.43. The molecule has 3 atom stereocenters. The Morgan fingerprint density at radius 1 is 0.952 bits per heavy atom. The van der Waals surface area contributed by atoms with Crippen molar-refractivity contribution in [3.05, 3.63) is 36.0 Å². The van der Waals surface area contributed by atoms with Gasteiger partial charge in [-0.2, -0.15) is 0 Å². The van der Waals surface area contributed by atoms with Gasteiger partial charge in [0.1, 0.15) is 16.9 Å². The Hall–Kier alpha value is -3.11. The molecule has 2 saturated heterocycles. The second-order valence-corrected chi connectivity index (χ2v) is 14.9. The molecule has 3 heterocycles. The lowest BCUT2D eigenvalue weighted by molar-refractivity contribution is -0.156. The number of para-hydroxylation sites is 1. The van der Waals surface area contributed by atoms with E-state index in [0.717, 1.165) is 5.39 Å². The Bertz CT molecular complexity index is 1360. The quantitative estimate of drug-likeness (QED) is 0.299. The molecule has 0 aliphatic carbocycles. The number of ether oxygens (including phenoxy) is 5. The lowest BCUT2D eigenvalue weighted by Gasteiger charge is -2.37. The van der Waals surface area contributed by atoms with E-state index >= 15 is 0 Å². The molecule has 232 valence electrons. The summed E-state index contributed by atoms with van der Waals surface area (Å²) in [6, 6.07) is 6.91. The molecule has 0 unspecified atom stereocenters. The molecule has 0 N–H and O–H groups in total. The molecule has 0 bridgehead atoms. The third-order valence-corrected chi connectivity index (χ3v) is 7.22. The van der Waals surface area contributed by atoms with Gasteiger partial charge >= 0.3 is 18.2 Å². The van der Waals surface area contributed by atoms with Crippen LogP contribution in [0.3, 0.4) is 0 Å². The van der Waals surface area contributed by atoms with Crippen molar-refractivity contribution in [2.75, 3.05) is 6.61 Å². The predicted octanol–water partition coefficient (Wildman–Crippen LogP) is 6.41. The van der Waals surface area contributed by atoms with Crippen molar-refractivity contribution >= 4 is 29.1 Å². The fourth-order valence-corrected chi connectivity index (χ4v) is 5.41. The first-order valence-corrected chi connectivity index (χ1v) is 14.5. The fraction of sp³-hybridized carbons (Fsp3) is 0.656. The topological polar surface area (TPSA) is 106 Å². The summed E-state index contributed by atoms with van der Waals surface area (Å²) < 4.78 is 31.3. The van der Waals surface area contributed by atoms with Crippen LogP contribution < -0.4 is 0 Å². The number of carbonyl (C=O) groups is 3. The minimum Gasteiger partial charge on any atom is -0.444 e. The van der Waals surface area contributed by atoms with Crippen molar-refractivity contribution in [1.29, 1.82) is 0 Å². The molecule has 0 spiro atoms. The van der Waals surface area contributed by atoms with Crippen LogP contribution in [0.25, 0.3) is 10.9 Å². The van der Waals surface area contributed by atoms with Gasteiger partial charge in [0.25, 0.3) is 0 Å². The fourth-order valence-electron chi connectivity index (χ4n) is 5.41. The SMILES string of the molecule is CC(C)(C)OC(=O)N1[C@@H](C[C@@]2(Cc3cn(C(=O)OC(C)(C)C)c4ccccc34)O[C@H](C(C)(C)C)OC2=O)COC1(C)C. The minimum absolute atomic E-state index is 0.104. The van der Waals surface area contributed by atoms with Crippen LogP contribution in [0.15, 0.2) is 30.5 Å². The van der Waals surface area contributed by atoms with E-state index in [2.05, 4.69) is 0 Å². The van der Waals surface area contributed by atoms with Gasteiger partial charge in [-0.05, 0) is 67.0 Å². The normalized spacial score (nSPS) is 24.6. The van der Waals surface area contributed by atoms with Crippen molar-refractivity contribution in [2.45, 2.75) is 124 Å². The highest BCUT2D eigenvalue weighted by atomic mass is 16.8. The Morgan fingerprint density at radius 2 is 1.55 bits per heavy atom. The van der Waals surface area contributed by atoms with E-state index in [-0.39, 0.29) is 19.4 Å². The van der Waals surface area contributed by atoms with Crippen molar-refractivity contribution < 1.29 is 38.1 Å². The molecule has 2 fully saturated rings. The summed E-state index contributed by atoms with van der Waals surface area (Å²) in [5, 5.41) is 0.783. The number of hydrogen-bond donors (Lipinski definition) is 0. The van der Waals surface area contributed by atoms with E-state index in [4.69, 9.17) is 23.7 Å². The Kier molecular flexibility index (Phi) is 8.00. The molecule has 0 saturated carbocycles. The molecule has 1 aromatic carbocycles. The van der Waals surface area contributed by atoms with Gasteiger partial charge in [0.15, 0.2) is 5.60 Å². The lowest BCUT2D eigenvalue weighted by Crippen LogP contribution is -2.53. The highest BCUT2D eigenvalue weighted by Gasteiger charge is 2.58. The molecule has 2 aromatic rings. The van der Waals surface area contributed by atoms with Crippen LogP contribution in [-0.4, -0.2) is 69.1 Å². The lowest BCUT2D eigenvalue weighted by atomic mass is 9.87. The van der Waals surface area contributed by atoms with Crippen LogP contribution in [0.4, 0.5) is 9.59 Å². The Labute approximate surface area is 248 Å². The molecule has 4 rings (SSSR count). The van der Waals surface area contributed by atoms with E-state index < -0.39 is 58.4 Å². The minimum atomic E-state index is -1.46. The van der Waals surface area contributed by atoms with Gasteiger partial charge in [0, 0.05) is 29.8 Å². The molecule has 2 aliphatic rings. The number of aromatic nitrogens is 1. The van der Waals surface area contributed by atoms with E-state index in [1.807, 2.05) is 65.8 Å². The number of cyclic esters (lactones) is 1. The smallest absolute Gasteiger partial charge is 0.419 e. The standard InChI is InChI=1S/C32H46N2O8/c1-28(2,3)25-39-24(35)32(40-25,17-21-19-38-31(10,11)34(21)27(37)42-30(7,8)9)16-20-18-33(26(36)41-29(4,5)6)23-15-13-12-14-22(20)23/h12-15,18,21,25H,16-17,19H2,1-11H3/t21-,25+,32+/m0/s1. The summed E-state index contributed by atoms with van der Waals surface area (Å²) in [5.74, 6) is -0.523. The van der Waals surface area contributed by atoms with E-state index in [1.165, 1.54) is 4.57 Å². The van der Waals surface area contributed by atoms with Crippen LogP contribution in [0.1, 0.15) is 88.1 Å². The number of nitrogens with zero attached hydrogens (tertiary/aromatic N) is 2. The molecule has 10 nitrogen and oxygen atoms in total. The van der Waals surface area contributed by atoms with E-state index in [0.29, 0.717) is 11.1 Å². The zero-order valence-corrected chi connectivity index (χ0v) is 26.8. The first-order valence-electron chi connectivity index (χ1n) is 14.5. The summed E-state index contributed by atoms with van der Waals surface area (Å²) in [7, 11) is 0. The Balaban J connectivity index is 1.77. The molecule has 42 heavy (non-hydrogen) atoms. The molecular weight excluding hydrogens is 540 g/mol. The summed E-state index contributed by atoms with van der Waals surface area (Å²) in [6.07, 6.45) is 0.0341. The van der Waals surface area contributed by atoms with Crippen molar-refractivity contribution in [1.82, 2.24) is 9.47 Å². The molecule has 2 aliphatic heterocycles. The van der Waals surface area contributed by atoms with E-state index in [1.54, 1.807) is 45.7 Å². The molecule has 0 radical (unpaired) electrons. The van der Waals surface area contributed by atoms with Gasteiger partial charge in [-0.1, -0.05) is 39.0 Å². The number of rotatable bonds is 4. The summed E-state index contributed by atoms with van der Waals surface area (Å²) in [6.45, 7) is 20.4. The van der Waals surface area contributed by atoms with Crippen LogP contribution in [0.2, 0.25) is 0 Å². The van der Waals surface area contributed by atoms with Gasteiger partial charge in [0.05, 0.1) is 18.2 Å². The number of carbonyl (C=O) groups excluding carboxylic acids is 3. The zero-order chi connectivity index (χ0) is 31.5. The first kappa shape index (κ1) is 31.8. The number of esters is 1. The van der Waals surface area contributed by atoms with Gasteiger partial charge in [-0.3, -0.25) is 9.47 Å². The maximum absolute atomic E-state index is 13.9. The highest BCUT2D eigenvalue weighted by Crippen LogP contribution is 2.43. The average molecular weight is 587 g/mol. The largest absolute Gasteiger partial charge is 0.444 e. The van der Waals surface area contributed by atoms with Crippen LogP contribution in [0, 0.1) is 5.41 Å². The van der Waals surface area contributed by atoms with Gasteiger partial charge in [0.2, 0.25) is 6.29 Å².